The first-order valence-electron chi connectivity index (χ1n) is 4.68. The molecule has 1 aromatic rings. The second kappa shape index (κ2) is 5.26. The molecule has 0 bridgehead atoms. The molecule has 4 nitrogen and oxygen atoms in total. The lowest BCUT2D eigenvalue weighted by Gasteiger charge is -2.05. The number of rotatable bonds is 5. The van der Waals surface area contributed by atoms with Crippen molar-refractivity contribution in [2.45, 2.75) is 18.9 Å². The van der Waals surface area contributed by atoms with Crippen LogP contribution >= 0.6 is 0 Å². The summed E-state index contributed by atoms with van der Waals surface area (Å²) < 4.78 is 0. The van der Waals surface area contributed by atoms with Crippen LogP contribution in [0.25, 0.3) is 0 Å². The molecule has 15 heavy (non-hydrogen) atoms. The third-order valence-corrected chi connectivity index (χ3v) is 2.10. The van der Waals surface area contributed by atoms with Gasteiger partial charge < -0.3 is 10.8 Å². The lowest BCUT2D eigenvalue weighted by molar-refractivity contribution is -0.138. The number of benzene rings is 1. The van der Waals surface area contributed by atoms with Crippen LogP contribution in [0, 0.1) is 0 Å². The van der Waals surface area contributed by atoms with Gasteiger partial charge in [0, 0.05) is 12.0 Å². The highest BCUT2D eigenvalue weighted by Crippen LogP contribution is 2.06. The first kappa shape index (κ1) is 11.4. The third-order valence-electron chi connectivity index (χ3n) is 2.10. The van der Waals surface area contributed by atoms with Crippen LogP contribution in [-0.4, -0.2) is 22.9 Å². The SMILES string of the molecule is N[C@@H](CCC(=O)c1ccccc1)C(=O)O. The van der Waals surface area contributed by atoms with E-state index in [1.165, 1.54) is 0 Å². The molecule has 0 unspecified atom stereocenters. The fraction of sp³-hybridized carbons (Fsp3) is 0.273. The summed E-state index contributed by atoms with van der Waals surface area (Å²) in [6.07, 6.45) is 0.334. The highest BCUT2D eigenvalue weighted by atomic mass is 16.4. The topological polar surface area (TPSA) is 80.4 Å². The van der Waals surface area contributed by atoms with Crippen molar-refractivity contribution >= 4 is 11.8 Å². The van der Waals surface area contributed by atoms with Crippen molar-refractivity contribution in [1.82, 2.24) is 0 Å². The normalized spacial score (nSPS) is 12.1. The number of hydrogen-bond acceptors (Lipinski definition) is 3. The quantitative estimate of drug-likeness (QED) is 0.707. The van der Waals surface area contributed by atoms with E-state index in [2.05, 4.69) is 0 Å². The number of carbonyl (C=O) groups is 2. The summed E-state index contributed by atoms with van der Waals surface area (Å²) >= 11 is 0. The van der Waals surface area contributed by atoms with Crippen LogP contribution in [0.1, 0.15) is 23.2 Å². The summed E-state index contributed by atoms with van der Waals surface area (Å²) in [4.78, 5) is 21.9. The predicted molar refractivity (Wildman–Crippen MR) is 55.6 cm³/mol. The zero-order valence-corrected chi connectivity index (χ0v) is 8.22. The second-order valence-electron chi connectivity index (χ2n) is 3.27. The van der Waals surface area contributed by atoms with Crippen LogP contribution in [0.4, 0.5) is 0 Å². The van der Waals surface area contributed by atoms with Crippen LogP contribution in [0.3, 0.4) is 0 Å². The molecule has 1 rings (SSSR count). The molecule has 0 saturated heterocycles. The van der Waals surface area contributed by atoms with E-state index in [4.69, 9.17) is 10.8 Å². The minimum Gasteiger partial charge on any atom is -0.480 e. The summed E-state index contributed by atoms with van der Waals surface area (Å²) in [6, 6.07) is 7.80. The van der Waals surface area contributed by atoms with Crippen LogP contribution in [0.5, 0.6) is 0 Å². The molecule has 0 amide bonds. The van der Waals surface area contributed by atoms with Crippen LogP contribution in [0.2, 0.25) is 0 Å². The molecular formula is C11H13NO3. The maximum absolute atomic E-state index is 11.5. The zero-order valence-electron chi connectivity index (χ0n) is 8.22. The van der Waals surface area contributed by atoms with Gasteiger partial charge in [0.25, 0.3) is 0 Å². The molecule has 0 heterocycles. The molecule has 0 spiro atoms. The Morgan fingerprint density at radius 2 is 1.87 bits per heavy atom. The van der Waals surface area contributed by atoms with Gasteiger partial charge in [0.2, 0.25) is 0 Å². The van der Waals surface area contributed by atoms with Crippen molar-refractivity contribution in [2.24, 2.45) is 5.73 Å². The summed E-state index contributed by atoms with van der Waals surface area (Å²) in [7, 11) is 0. The summed E-state index contributed by atoms with van der Waals surface area (Å²) in [5.41, 5.74) is 5.88. The number of carboxylic acid groups (broad SMARTS) is 1. The molecular weight excluding hydrogens is 194 g/mol. The Balaban J connectivity index is 2.47. The Kier molecular flexibility index (Phi) is 4.00. The van der Waals surface area contributed by atoms with Crippen molar-refractivity contribution in [2.75, 3.05) is 0 Å². The Morgan fingerprint density at radius 3 is 2.40 bits per heavy atom. The van der Waals surface area contributed by atoms with E-state index in [0.29, 0.717) is 5.56 Å². The molecule has 1 aromatic carbocycles. The smallest absolute Gasteiger partial charge is 0.320 e. The number of carboxylic acids is 1. The van der Waals surface area contributed by atoms with E-state index in [9.17, 15) is 9.59 Å². The molecule has 4 heteroatoms. The van der Waals surface area contributed by atoms with Crippen molar-refractivity contribution in [1.29, 1.82) is 0 Å². The second-order valence-corrected chi connectivity index (χ2v) is 3.27. The highest BCUT2D eigenvalue weighted by Gasteiger charge is 2.13. The van der Waals surface area contributed by atoms with E-state index in [-0.39, 0.29) is 18.6 Å². The number of ketones is 1. The first-order chi connectivity index (χ1) is 7.11. The Morgan fingerprint density at radius 1 is 1.27 bits per heavy atom. The lowest BCUT2D eigenvalue weighted by atomic mass is 10.0. The van der Waals surface area contributed by atoms with Crippen LogP contribution in [-0.2, 0) is 4.79 Å². The van der Waals surface area contributed by atoms with E-state index in [1.54, 1.807) is 24.3 Å². The van der Waals surface area contributed by atoms with E-state index in [0.717, 1.165) is 0 Å². The molecule has 3 N–H and O–H groups in total. The number of nitrogens with two attached hydrogens (primary N) is 1. The molecule has 1 atom stereocenters. The largest absolute Gasteiger partial charge is 0.480 e. The van der Waals surface area contributed by atoms with E-state index < -0.39 is 12.0 Å². The van der Waals surface area contributed by atoms with Gasteiger partial charge in [-0.25, -0.2) is 0 Å². The van der Waals surface area contributed by atoms with Gasteiger partial charge >= 0.3 is 5.97 Å². The van der Waals surface area contributed by atoms with Crippen LogP contribution in [0.15, 0.2) is 30.3 Å². The molecule has 0 radical (unpaired) electrons. The fourth-order valence-corrected chi connectivity index (χ4v) is 1.18. The van der Waals surface area contributed by atoms with E-state index in [1.807, 2.05) is 6.07 Å². The molecule has 0 aliphatic heterocycles. The zero-order chi connectivity index (χ0) is 11.3. The van der Waals surface area contributed by atoms with Gasteiger partial charge in [0.05, 0.1) is 0 Å². The minimum absolute atomic E-state index is 0.0766. The van der Waals surface area contributed by atoms with Gasteiger partial charge in [-0.1, -0.05) is 30.3 Å². The highest BCUT2D eigenvalue weighted by molar-refractivity contribution is 5.96. The number of Topliss-reactive ketones (excluding diaryl/α,β-unsaturated/α-hetero) is 1. The number of aliphatic carboxylic acids is 1. The Labute approximate surface area is 87.7 Å². The van der Waals surface area contributed by atoms with Gasteiger partial charge in [-0.3, -0.25) is 9.59 Å². The molecule has 0 aliphatic rings. The van der Waals surface area contributed by atoms with Crippen molar-refractivity contribution in [3.8, 4) is 0 Å². The fourth-order valence-electron chi connectivity index (χ4n) is 1.18. The summed E-state index contributed by atoms with van der Waals surface area (Å²) in [5, 5.41) is 8.53. The predicted octanol–water partition coefficient (Wildman–Crippen LogP) is 1.06. The first-order valence-corrected chi connectivity index (χ1v) is 4.68. The Hall–Kier alpha value is -1.68. The van der Waals surface area contributed by atoms with Crippen LogP contribution < -0.4 is 5.73 Å². The molecule has 80 valence electrons. The molecule has 0 saturated carbocycles. The Bertz CT molecular complexity index is 348. The average molecular weight is 207 g/mol. The molecule has 0 fully saturated rings. The van der Waals surface area contributed by atoms with Gasteiger partial charge in [-0.05, 0) is 6.42 Å². The maximum atomic E-state index is 11.5. The van der Waals surface area contributed by atoms with Gasteiger partial charge in [-0.2, -0.15) is 0 Å². The van der Waals surface area contributed by atoms with E-state index >= 15 is 0 Å². The number of hydrogen-bond donors (Lipinski definition) is 2. The summed E-state index contributed by atoms with van der Waals surface area (Å²) in [6.45, 7) is 0. The molecule has 0 aliphatic carbocycles. The van der Waals surface area contributed by atoms with Gasteiger partial charge in [-0.15, -0.1) is 0 Å². The summed E-state index contributed by atoms with van der Waals surface area (Å²) in [5.74, 6) is -1.15. The van der Waals surface area contributed by atoms with Crippen molar-refractivity contribution in [3.63, 3.8) is 0 Å². The number of carbonyl (C=O) groups excluding carboxylic acids is 1. The van der Waals surface area contributed by atoms with Crippen molar-refractivity contribution in [3.05, 3.63) is 35.9 Å². The van der Waals surface area contributed by atoms with Gasteiger partial charge in [0.15, 0.2) is 5.78 Å². The van der Waals surface area contributed by atoms with Gasteiger partial charge in [0.1, 0.15) is 6.04 Å². The standard InChI is InChI=1S/C11H13NO3/c12-9(11(14)15)6-7-10(13)8-4-2-1-3-5-8/h1-5,9H,6-7,12H2,(H,14,15)/t9-/m0/s1. The van der Waals surface area contributed by atoms with Crippen molar-refractivity contribution < 1.29 is 14.7 Å². The monoisotopic (exact) mass is 207 g/mol. The molecule has 0 aromatic heterocycles. The average Bonchev–Trinajstić information content (AvgIpc) is 2.26. The maximum Gasteiger partial charge on any atom is 0.320 e. The lowest BCUT2D eigenvalue weighted by Crippen LogP contribution is -2.30. The third kappa shape index (κ3) is 3.52. The minimum atomic E-state index is -1.07.